The van der Waals surface area contributed by atoms with Crippen molar-refractivity contribution in [3.05, 3.63) is 17.5 Å². The molecule has 1 aliphatic carbocycles. The molecule has 1 aliphatic rings. The van der Waals surface area contributed by atoms with Crippen LogP contribution in [0, 0.1) is 6.92 Å². The number of nitrogens with two attached hydrogens (primary N) is 1. The van der Waals surface area contributed by atoms with E-state index in [-0.39, 0.29) is 29.6 Å². The second kappa shape index (κ2) is 4.84. The molecule has 1 saturated carbocycles. The number of carbonyl (C=O) groups is 1. The summed E-state index contributed by atoms with van der Waals surface area (Å²) in [6.07, 6.45) is 3.10. The summed E-state index contributed by atoms with van der Waals surface area (Å²) in [5.41, 5.74) is 6.47. The molecule has 1 aromatic rings. The lowest BCUT2D eigenvalue weighted by Crippen LogP contribution is -2.54. The van der Waals surface area contributed by atoms with E-state index in [9.17, 15) is 4.79 Å². The first-order valence-electron chi connectivity index (χ1n) is 5.09. The van der Waals surface area contributed by atoms with Crippen molar-refractivity contribution in [2.24, 2.45) is 5.73 Å². The molecule has 0 aromatic carbocycles. The summed E-state index contributed by atoms with van der Waals surface area (Å²) in [5.74, 6) is 0.00254. The van der Waals surface area contributed by atoms with E-state index in [4.69, 9.17) is 10.3 Å². The molecule has 16 heavy (non-hydrogen) atoms. The molecular weight excluding hydrogens is 230 g/mol. The van der Waals surface area contributed by atoms with E-state index in [2.05, 4.69) is 10.5 Å². The number of nitrogens with zero attached hydrogens (tertiary/aromatic N) is 1. The number of hydrogen-bond acceptors (Lipinski definition) is 4. The Morgan fingerprint density at radius 2 is 2.38 bits per heavy atom. The molecule has 0 aliphatic heterocycles. The lowest BCUT2D eigenvalue weighted by molar-refractivity contribution is 0.0893. The van der Waals surface area contributed by atoms with Crippen molar-refractivity contribution >= 4 is 18.3 Å². The van der Waals surface area contributed by atoms with Crippen molar-refractivity contribution in [2.75, 3.05) is 6.54 Å². The second-order valence-electron chi connectivity index (χ2n) is 4.23. The molecule has 1 aromatic heterocycles. The maximum atomic E-state index is 11.5. The maximum Gasteiger partial charge on any atom is 0.289 e. The van der Waals surface area contributed by atoms with Crippen molar-refractivity contribution in [3.8, 4) is 0 Å². The Kier molecular flexibility index (Phi) is 3.93. The largest absolute Gasteiger partial charge is 0.351 e. The molecule has 1 heterocycles. The SMILES string of the molecule is Cc1cc(C(=O)NCC2(N)CCC2)on1.Cl. The molecule has 0 atom stereocenters. The topological polar surface area (TPSA) is 81.2 Å². The van der Waals surface area contributed by atoms with Gasteiger partial charge < -0.3 is 15.6 Å². The van der Waals surface area contributed by atoms with E-state index < -0.39 is 0 Å². The van der Waals surface area contributed by atoms with Crippen molar-refractivity contribution in [2.45, 2.75) is 31.7 Å². The summed E-state index contributed by atoms with van der Waals surface area (Å²) in [6, 6.07) is 1.61. The highest BCUT2D eigenvalue weighted by molar-refractivity contribution is 5.91. The molecule has 0 saturated heterocycles. The highest BCUT2D eigenvalue weighted by atomic mass is 35.5. The van der Waals surface area contributed by atoms with Gasteiger partial charge in [0.15, 0.2) is 0 Å². The van der Waals surface area contributed by atoms with Crippen molar-refractivity contribution in [3.63, 3.8) is 0 Å². The predicted octanol–water partition coefficient (Wildman–Crippen LogP) is 1.02. The number of aryl methyl sites for hydroxylation is 1. The Morgan fingerprint density at radius 3 is 2.81 bits per heavy atom. The molecule has 6 heteroatoms. The second-order valence-corrected chi connectivity index (χ2v) is 4.23. The molecule has 0 unspecified atom stereocenters. The number of carbonyl (C=O) groups excluding carboxylic acids is 1. The number of hydrogen-bond donors (Lipinski definition) is 2. The zero-order valence-electron chi connectivity index (χ0n) is 9.16. The van der Waals surface area contributed by atoms with E-state index in [0.717, 1.165) is 19.3 Å². The van der Waals surface area contributed by atoms with E-state index in [1.165, 1.54) is 0 Å². The fourth-order valence-electron chi connectivity index (χ4n) is 1.62. The van der Waals surface area contributed by atoms with Crippen molar-refractivity contribution < 1.29 is 9.32 Å². The zero-order chi connectivity index (χ0) is 10.9. The number of rotatable bonds is 3. The Morgan fingerprint density at radius 1 is 1.69 bits per heavy atom. The van der Waals surface area contributed by atoms with Gasteiger partial charge in [0.25, 0.3) is 5.91 Å². The summed E-state index contributed by atoms with van der Waals surface area (Å²) < 4.78 is 4.84. The first kappa shape index (κ1) is 13.0. The maximum absolute atomic E-state index is 11.5. The van der Waals surface area contributed by atoms with Crippen LogP contribution in [-0.2, 0) is 0 Å². The highest BCUT2D eigenvalue weighted by Gasteiger charge is 2.32. The van der Waals surface area contributed by atoms with Gasteiger partial charge in [0.1, 0.15) is 0 Å². The summed E-state index contributed by atoms with van der Waals surface area (Å²) in [7, 11) is 0. The summed E-state index contributed by atoms with van der Waals surface area (Å²) in [4.78, 5) is 11.5. The minimum absolute atomic E-state index is 0. The monoisotopic (exact) mass is 245 g/mol. The fraction of sp³-hybridized carbons (Fsp3) is 0.600. The van der Waals surface area contributed by atoms with Crippen LogP contribution >= 0.6 is 12.4 Å². The molecule has 0 spiro atoms. The number of aromatic nitrogens is 1. The molecule has 0 bridgehead atoms. The standard InChI is InChI=1S/C10H15N3O2.ClH/c1-7-5-8(15-13-7)9(14)12-6-10(11)3-2-4-10;/h5H,2-4,6,11H2,1H3,(H,12,14);1H. The zero-order valence-corrected chi connectivity index (χ0v) is 9.97. The molecule has 90 valence electrons. The van der Waals surface area contributed by atoms with Gasteiger partial charge in [-0.15, -0.1) is 12.4 Å². The predicted molar refractivity (Wildman–Crippen MR) is 61.6 cm³/mol. The van der Waals surface area contributed by atoms with Gasteiger partial charge in [0.05, 0.1) is 5.69 Å². The first-order valence-corrected chi connectivity index (χ1v) is 5.09. The average Bonchev–Trinajstić information content (AvgIpc) is 2.58. The van der Waals surface area contributed by atoms with Gasteiger partial charge >= 0.3 is 0 Å². The van der Waals surface area contributed by atoms with Crippen LogP contribution in [0.1, 0.15) is 35.5 Å². The van der Waals surface area contributed by atoms with Crippen LogP contribution in [0.5, 0.6) is 0 Å². The van der Waals surface area contributed by atoms with E-state index in [0.29, 0.717) is 12.2 Å². The third-order valence-corrected chi connectivity index (χ3v) is 2.80. The van der Waals surface area contributed by atoms with Crippen LogP contribution < -0.4 is 11.1 Å². The van der Waals surface area contributed by atoms with Gasteiger partial charge in [-0.2, -0.15) is 0 Å². The molecule has 1 fully saturated rings. The minimum Gasteiger partial charge on any atom is -0.351 e. The van der Waals surface area contributed by atoms with Gasteiger partial charge in [-0.1, -0.05) is 5.16 Å². The Balaban J connectivity index is 0.00000128. The van der Waals surface area contributed by atoms with Crippen LogP contribution in [-0.4, -0.2) is 23.1 Å². The van der Waals surface area contributed by atoms with Gasteiger partial charge in [0.2, 0.25) is 5.76 Å². The lowest BCUT2D eigenvalue weighted by atomic mass is 9.78. The van der Waals surface area contributed by atoms with Crippen LogP contribution in [0.4, 0.5) is 0 Å². The molecule has 0 radical (unpaired) electrons. The number of amides is 1. The highest BCUT2D eigenvalue weighted by Crippen LogP contribution is 2.28. The third kappa shape index (κ3) is 2.74. The van der Waals surface area contributed by atoms with E-state index in [1.807, 2.05) is 0 Å². The normalized spacial score (nSPS) is 17.1. The summed E-state index contributed by atoms with van der Waals surface area (Å²) in [5, 5.41) is 6.41. The molecular formula is C10H16ClN3O2. The quantitative estimate of drug-likeness (QED) is 0.833. The van der Waals surface area contributed by atoms with Gasteiger partial charge in [-0.05, 0) is 26.2 Å². The first-order chi connectivity index (χ1) is 7.09. The summed E-state index contributed by atoms with van der Waals surface area (Å²) >= 11 is 0. The van der Waals surface area contributed by atoms with Crippen LogP contribution in [0.3, 0.4) is 0 Å². The fourth-order valence-corrected chi connectivity index (χ4v) is 1.62. The van der Waals surface area contributed by atoms with E-state index >= 15 is 0 Å². The Bertz CT molecular complexity index is 374. The van der Waals surface area contributed by atoms with Crippen LogP contribution in [0.2, 0.25) is 0 Å². The molecule has 2 rings (SSSR count). The van der Waals surface area contributed by atoms with E-state index in [1.54, 1.807) is 13.0 Å². The van der Waals surface area contributed by atoms with Crippen molar-refractivity contribution in [1.29, 1.82) is 0 Å². The Hall–Kier alpha value is -1.07. The van der Waals surface area contributed by atoms with Crippen LogP contribution in [0.25, 0.3) is 0 Å². The van der Waals surface area contributed by atoms with Gasteiger partial charge in [0, 0.05) is 18.2 Å². The summed E-state index contributed by atoms with van der Waals surface area (Å²) in [6.45, 7) is 2.28. The molecule has 3 N–H and O–H groups in total. The number of nitrogens with one attached hydrogen (secondary N) is 1. The Labute approximate surface area is 100 Å². The smallest absolute Gasteiger partial charge is 0.289 e. The minimum atomic E-state index is -0.243. The molecule has 1 amide bonds. The van der Waals surface area contributed by atoms with Crippen molar-refractivity contribution in [1.82, 2.24) is 10.5 Å². The number of halogens is 1. The average molecular weight is 246 g/mol. The lowest BCUT2D eigenvalue weighted by Gasteiger charge is -2.37. The van der Waals surface area contributed by atoms with Crippen LogP contribution in [0.15, 0.2) is 10.6 Å². The van der Waals surface area contributed by atoms with Gasteiger partial charge in [-0.25, -0.2) is 0 Å². The molecule has 5 nitrogen and oxygen atoms in total. The third-order valence-electron chi connectivity index (χ3n) is 2.80. The van der Waals surface area contributed by atoms with Gasteiger partial charge in [-0.3, -0.25) is 4.79 Å².